The van der Waals surface area contributed by atoms with Crippen molar-refractivity contribution in [3.63, 3.8) is 0 Å². The topological polar surface area (TPSA) is 0 Å². The Hall–Kier alpha value is -0.157. The van der Waals surface area contributed by atoms with Crippen molar-refractivity contribution < 1.29 is 26.1 Å². The van der Waals surface area contributed by atoms with Crippen LogP contribution in [0.15, 0.2) is 45.3 Å². The molecule has 1 fully saturated rings. The number of hydrogen-bond acceptors (Lipinski definition) is 0. The van der Waals surface area contributed by atoms with Gasteiger partial charge in [0.1, 0.15) is 0 Å². The Labute approximate surface area is 106 Å². The molecule has 0 aliphatic heterocycles. The molecule has 78 valence electrons. The Morgan fingerprint density at radius 3 is 2.93 bits per heavy atom. The van der Waals surface area contributed by atoms with Crippen molar-refractivity contribution in [2.45, 2.75) is 29.3 Å². The molecular formula is C14H18Zr. The zero-order valence-corrected chi connectivity index (χ0v) is 11.4. The van der Waals surface area contributed by atoms with Crippen molar-refractivity contribution in [2.24, 2.45) is 5.92 Å². The summed E-state index contributed by atoms with van der Waals surface area (Å²) in [5, 5.41) is 0. The standard InChI is InChI=1S/C9H11.C5H5.Zr.2H/c1-2-5-9-7-3-6-8(9)4-1;1-2-4-5-3-1;;;/h1-2,4,6,9H,3,5,7H2;1-3H,4H2;;;/q;;+2;2*-1. The number of hydrogen-bond donors (Lipinski definition) is 0. The fraction of sp³-hybridized carbons (Fsp3) is 0.429. The van der Waals surface area contributed by atoms with Gasteiger partial charge in [0.25, 0.3) is 0 Å². The third-order valence-electron chi connectivity index (χ3n) is 3.65. The average molecular weight is 278 g/mol. The largest absolute Gasteiger partial charge is 1.00 e. The molecule has 0 heterocycles. The molecule has 0 aromatic heterocycles. The maximum absolute atomic E-state index is 2.43. The molecule has 15 heavy (non-hydrogen) atoms. The van der Waals surface area contributed by atoms with Gasteiger partial charge in [-0.25, -0.2) is 0 Å². The summed E-state index contributed by atoms with van der Waals surface area (Å²) in [6.45, 7) is 0. The predicted molar refractivity (Wildman–Crippen MR) is 62.4 cm³/mol. The van der Waals surface area contributed by atoms with Crippen molar-refractivity contribution in [1.82, 2.24) is 0 Å². The fourth-order valence-electron chi connectivity index (χ4n) is 2.85. The molecule has 0 aromatic rings. The minimum Gasteiger partial charge on any atom is -1.00 e. The molecule has 3 rings (SSSR count). The van der Waals surface area contributed by atoms with E-state index >= 15 is 0 Å². The molecule has 3 aliphatic rings. The Bertz CT molecular complexity index is 380. The van der Waals surface area contributed by atoms with Gasteiger partial charge in [-0.2, -0.15) is 0 Å². The summed E-state index contributed by atoms with van der Waals surface area (Å²) in [7, 11) is 0. The van der Waals surface area contributed by atoms with E-state index in [1.807, 2.05) is 5.57 Å². The predicted octanol–water partition coefficient (Wildman–Crippen LogP) is 4.22. The van der Waals surface area contributed by atoms with Gasteiger partial charge in [-0.3, -0.25) is 0 Å². The van der Waals surface area contributed by atoms with Crippen LogP contribution in [0.25, 0.3) is 0 Å². The molecule has 0 spiro atoms. The molecule has 3 aliphatic carbocycles. The second kappa shape index (κ2) is 4.38. The van der Waals surface area contributed by atoms with E-state index in [0.717, 1.165) is 9.54 Å². The van der Waals surface area contributed by atoms with Gasteiger partial charge in [0.2, 0.25) is 0 Å². The van der Waals surface area contributed by atoms with Crippen molar-refractivity contribution >= 4 is 0 Å². The first kappa shape index (κ1) is 10.0. The Balaban J connectivity index is 0.000000722. The van der Waals surface area contributed by atoms with E-state index in [0.29, 0.717) is 0 Å². The van der Waals surface area contributed by atoms with Crippen molar-refractivity contribution in [1.29, 1.82) is 0 Å². The van der Waals surface area contributed by atoms with Gasteiger partial charge in [0.05, 0.1) is 0 Å². The average Bonchev–Trinajstić information content (AvgIpc) is 2.89. The quantitative estimate of drug-likeness (QED) is 0.709. The minimum absolute atomic E-state index is 0. The van der Waals surface area contributed by atoms with E-state index in [1.54, 1.807) is 3.28 Å². The zero-order valence-electron chi connectivity index (χ0n) is 10.9. The molecule has 0 aromatic carbocycles. The summed E-state index contributed by atoms with van der Waals surface area (Å²) in [4.78, 5) is 0. The van der Waals surface area contributed by atoms with Gasteiger partial charge in [0, 0.05) is 0 Å². The fourth-order valence-corrected chi connectivity index (χ4v) is 6.99. The first-order valence-electron chi connectivity index (χ1n) is 5.92. The van der Waals surface area contributed by atoms with Crippen LogP contribution in [-0.4, -0.2) is 0 Å². The molecule has 2 unspecified atom stereocenters. The van der Waals surface area contributed by atoms with Gasteiger partial charge < -0.3 is 2.85 Å². The second-order valence-corrected chi connectivity index (χ2v) is 8.63. The normalized spacial score (nSPS) is 32.3. The third kappa shape index (κ3) is 2.04. The Morgan fingerprint density at radius 1 is 1.13 bits per heavy atom. The van der Waals surface area contributed by atoms with Crippen molar-refractivity contribution in [3.8, 4) is 0 Å². The maximum atomic E-state index is 2.43. The van der Waals surface area contributed by atoms with E-state index < -0.39 is 0 Å². The van der Waals surface area contributed by atoms with Gasteiger partial charge in [-0.05, 0) is 0 Å². The van der Waals surface area contributed by atoms with Gasteiger partial charge >= 0.3 is 104 Å². The van der Waals surface area contributed by atoms with Crippen LogP contribution < -0.4 is 0 Å². The smallest absolute Gasteiger partial charge is 1.00 e. The van der Waals surface area contributed by atoms with E-state index in [1.165, 1.54) is 25.7 Å². The molecule has 1 saturated carbocycles. The number of fused-ring (bicyclic) bond motifs is 1. The van der Waals surface area contributed by atoms with Gasteiger partial charge in [0.15, 0.2) is 0 Å². The SMILES string of the molecule is C1=CC[C]([Zr+2][CH]2CCC3CC=CC=C32)=C1.[H-].[H-]. The van der Waals surface area contributed by atoms with Gasteiger partial charge in [-0.1, -0.05) is 0 Å². The third-order valence-corrected chi connectivity index (χ3v) is 7.86. The second-order valence-electron chi connectivity index (χ2n) is 4.63. The Morgan fingerprint density at radius 2 is 2.07 bits per heavy atom. The summed E-state index contributed by atoms with van der Waals surface area (Å²) >= 11 is -0.299. The summed E-state index contributed by atoms with van der Waals surface area (Å²) in [6, 6.07) is 0. The van der Waals surface area contributed by atoms with Crippen molar-refractivity contribution in [3.05, 3.63) is 45.3 Å². The first-order chi connectivity index (χ1) is 7.43. The van der Waals surface area contributed by atoms with Crippen LogP contribution >= 0.6 is 0 Å². The van der Waals surface area contributed by atoms with E-state index in [4.69, 9.17) is 0 Å². The van der Waals surface area contributed by atoms with E-state index in [9.17, 15) is 0 Å². The zero-order chi connectivity index (χ0) is 10.1. The van der Waals surface area contributed by atoms with Gasteiger partial charge in [-0.15, -0.1) is 0 Å². The summed E-state index contributed by atoms with van der Waals surface area (Å²) < 4.78 is 2.83. The van der Waals surface area contributed by atoms with Crippen LogP contribution in [0.3, 0.4) is 0 Å². The molecule has 0 nitrogen and oxygen atoms in total. The molecule has 0 saturated heterocycles. The molecule has 0 radical (unpaired) electrons. The molecule has 2 atom stereocenters. The van der Waals surface area contributed by atoms with Crippen LogP contribution in [0, 0.1) is 5.92 Å². The van der Waals surface area contributed by atoms with Crippen LogP contribution in [-0.2, 0) is 23.2 Å². The first-order valence-corrected chi connectivity index (χ1v) is 8.57. The Kier molecular flexibility index (Phi) is 2.92. The summed E-state index contributed by atoms with van der Waals surface area (Å²) in [5.41, 5.74) is 1.82. The van der Waals surface area contributed by atoms with E-state index in [-0.39, 0.29) is 26.1 Å². The maximum Gasteiger partial charge on any atom is -1.00 e. The van der Waals surface area contributed by atoms with Crippen LogP contribution in [0.1, 0.15) is 28.5 Å². The molecular weight excluding hydrogens is 259 g/mol. The van der Waals surface area contributed by atoms with Crippen LogP contribution in [0.5, 0.6) is 0 Å². The van der Waals surface area contributed by atoms with Crippen molar-refractivity contribution in [2.75, 3.05) is 0 Å². The monoisotopic (exact) mass is 276 g/mol. The number of rotatable bonds is 2. The van der Waals surface area contributed by atoms with Crippen LogP contribution in [0.4, 0.5) is 0 Å². The molecule has 0 N–H and O–H groups in total. The molecule has 1 heteroatoms. The summed E-state index contributed by atoms with van der Waals surface area (Å²) in [6.07, 6.45) is 19.5. The van der Waals surface area contributed by atoms with E-state index in [2.05, 4.69) is 36.5 Å². The summed E-state index contributed by atoms with van der Waals surface area (Å²) in [5.74, 6) is 0.927. The molecule has 0 bridgehead atoms. The molecule has 0 amide bonds. The minimum atomic E-state index is -0.299. The number of allylic oxidation sites excluding steroid dienone is 8. The van der Waals surface area contributed by atoms with Crippen LogP contribution in [0.2, 0.25) is 3.63 Å².